The summed E-state index contributed by atoms with van der Waals surface area (Å²) in [5.41, 5.74) is -0.751. The van der Waals surface area contributed by atoms with Crippen molar-refractivity contribution in [3.63, 3.8) is 0 Å². The van der Waals surface area contributed by atoms with Gasteiger partial charge in [-0.1, -0.05) is 57.8 Å². The van der Waals surface area contributed by atoms with E-state index in [1.807, 2.05) is 59.7 Å². The van der Waals surface area contributed by atoms with Crippen LogP contribution >= 0.6 is 0 Å². The second kappa shape index (κ2) is 27.0. The molecule has 0 aliphatic carbocycles. The molecule has 0 unspecified atom stereocenters. The topological polar surface area (TPSA) is 236 Å². The summed E-state index contributed by atoms with van der Waals surface area (Å²) in [4.78, 5) is 32.5. The second-order valence-electron chi connectivity index (χ2n) is 21.5. The molecule has 0 aromatic heterocycles. The highest BCUT2D eigenvalue weighted by Crippen LogP contribution is 2.38. The van der Waals surface area contributed by atoms with Crippen molar-refractivity contribution in [1.82, 2.24) is 9.80 Å². The predicted molar refractivity (Wildman–Crippen MR) is 259 cm³/mol. The molecule has 5 aliphatic heterocycles. The molecule has 18 heteroatoms. The third-order valence-corrected chi connectivity index (χ3v) is 15.5. The molecule has 18 nitrogen and oxygen atoms in total. The quantitative estimate of drug-likeness (QED) is 0.145. The van der Waals surface area contributed by atoms with Crippen LogP contribution < -0.4 is 0 Å². The van der Waals surface area contributed by atoms with Crippen LogP contribution in [0.5, 0.6) is 0 Å². The number of aliphatic hydroxyl groups excluding tert-OH is 5. The molecule has 5 heterocycles. The van der Waals surface area contributed by atoms with Crippen LogP contribution in [0.25, 0.3) is 0 Å². The third-order valence-electron chi connectivity index (χ3n) is 15.5. The monoisotopic (exact) mass is 999 g/mol. The van der Waals surface area contributed by atoms with Crippen molar-refractivity contribution in [1.29, 1.82) is 0 Å². The molecule has 70 heavy (non-hydrogen) atoms. The standard InChI is InChI=1S/C52H90N2O16/c1-12-39-36(28-64-51-48(63-11)45(60)43(58)32(5)66-51)24-29(2)18-19-37(55)30(3)25-35(20-23-54-21-16-14-13-15-17-22-54)46(31(4)38(56)26-40(57)68-39)70-50-44(59)42(53(9)10)47(33(6)67-50)69-41-27-52(8,62)49(61)34(7)65-41/h18-19,24,30-36,38-39,41-51,56,58-62H,12-17,20-23,25-28H2,1-11H3/b19-18+,29-24+/t30-,31+,32-,33-,34+,35+,36-,38-,39-,41+,42-,43-,44-,45-,46-,47-,48-,49+,50+,51-,52-/m1/s1. The Morgan fingerprint density at radius 3 is 2.10 bits per heavy atom. The third kappa shape index (κ3) is 15.5. The van der Waals surface area contributed by atoms with Gasteiger partial charge in [0.15, 0.2) is 24.7 Å². The van der Waals surface area contributed by atoms with E-state index in [0.717, 1.165) is 38.0 Å². The van der Waals surface area contributed by atoms with Crippen LogP contribution in [0.4, 0.5) is 0 Å². The van der Waals surface area contributed by atoms with Gasteiger partial charge in [-0.05, 0) is 112 Å². The first-order valence-electron chi connectivity index (χ1n) is 26.1. The Bertz CT molecular complexity index is 1680. The van der Waals surface area contributed by atoms with Crippen LogP contribution in [0.2, 0.25) is 0 Å². The highest BCUT2D eigenvalue weighted by Gasteiger charge is 2.52. The number of aliphatic hydroxyl groups is 6. The summed E-state index contributed by atoms with van der Waals surface area (Å²) < 4.78 is 49.7. The normalized spacial score (nSPS) is 45.0. The van der Waals surface area contributed by atoms with Gasteiger partial charge >= 0.3 is 5.97 Å². The number of rotatable bonds is 13. The zero-order valence-corrected chi connectivity index (χ0v) is 43.8. The Kier molecular flexibility index (Phi) is 22.7. The van der Waals surface area contributed by atoms with Gasteiger partial charge in [0, 0.05) is 31.3 Å². The van der Waals surface area contributed by atoms with Crippen molar-refractivity contribution >= 4 is 11.8 Å². The summed E-state index contributed by atoms with van der Waals surface area (Å²) in [6, 6.07) is -0.694. The first-order valence-corrected chi connectivity index (χ1v) is 26.1. The molecule has 21 atom stereocenters. The summed E-state index contributed by atoms with van der Waals surface area (Å²) in [6.07, 6.45) is -2.84. The smallest absolute Gasteiger partial charge is 0.308 e. The van der Waals surface area contributed by atoms with Crippen molar-refractivity contribution in [2.24, 2.45) is 23.7 Å². The minimum absolute atomic E-state index is 0.00769. The van der Waals surface area contributed by atoms with Gasteiger partial charge in [-0.2, -0.15) is 0 Å². The number of ether oxygens (including phenoxy) is 8. The zero-order chi connectivity index (χ0) is 51.6. The number of cyclic esters (lactones) is 1. The molecular weight excluding hydrogens is 909 g/mol. The van der Waals surface area contributed by atoms with Crippen molar-refractivity contribution in [2.45, 2.75) is 223 Å². The van der Waals surface area contributed by atoms with Gasteiger partial charge in [0.1, 0.15) is 42.7 Å². The Labute approximate surface area is 416 Å². The fourth-order valence-electron chi connectivity index (χ4n) is 11.1. The zero-order valence-electron chi connectivity index (χ0n) is 43.8. The van der Waals surface area contributed by atoms with Crippen LogP contribution in [-0.4, -0.2) is 203 Å². The maximum absolute atomic E-state index is 14.1. The van der Waals surface area contributed by atoms with Gasteiger partial charge < -0.3 is 78.3 Å². The minimum Gasteiger partial charge on any atom is -0.462 e. The van der Waals surface area contributed by atoms with Crippen molar-refractivity contribution < 1.29 is 78.1 Å². The van der Waals surface area contributed by atoms with Crippen LogP contribution in [0.15, 0.2) is 23.8 Å². The average Bonchev–Trinajstić information content (AvgIpc) is 3.28. The number of carbonyl (C=O) groups is 2. The predicted octanol–water partition coefficient (Wildman–Crippen LogP) is 3.25. The summed E-state index contributed by atoms with van der Waals surface area (Å²) in [5, 5.41) is 67.2. The molecule has 0 aromatic carbocycles. The van der Waals surface area contributed by atoms with Crippen LogP contribution in [-0.2, 0) is 47.5 Å². The molecule has 5 aliphatic rings. The van der Waals surface area contributed by atoms with Crippen molar-refractivity contribution in [2.75, 3.05) is 47.4 Å². The Hall–Kier alpha value is -1.98. The van der Waals surface area contributed by atoms with Crippen molar-refractivity contribution in [3.05, 3.63) is 23.8 Å². The lowest BCUT2D eigenvalue weighted by Gasteiger charge is -2.50. The Morgan fingerprint density at radius 2 is 1.47 bits per heavy atom. The SMILES string of the molecule is CC[C@H]1OC(=O)C[C@@H](O)[C@H](C)[C@@H](O[C@@H]2O[C@H](C)[C@@H](O[C@H]3C[C@@](C)(O)[C@@H](O)[C@H](C)O3)[C@H](N(C)C)[C@H]2O)[C@@H](CCN2CCCCCCC2)C[C@@H](C)C(=O)/C=C/C(C)=C/[C@@H]1CO[C@@H]1O[C@H](C)[C@@H](O)[C@@H](O)[C@H]1OC. The first-order chi connectivity index (χ1) is 33.1. The van der Waals surface area contributed by atoms with Crippen LogP contribution in [0, 0.1) is 23.7 Å². The van der Waals surface area contributed by atoms with Crippen LogP contribution in [0.3, 0.4) is 0 Å². The van der Waals surface area contributed by atoms with E-state index in [0.29, 0.717) is 19.3 Å². The van der Waals surface area contributed by atoms with E-state index in [2.05, 4.69) is 4.90 Å². The van der Waals surface area contributed by atoms with Gasteiger partial charge in [-0.15, -0.1) is 0 Å². The maximum Gasteiger partial charge on any atom is 0.308 e. The molecule has 4 fully saturated rings. The molecule has 4 saturated heterocycles. The van der Waals surface area contributed by atoms with Gasteiger partial charge in [-0.25, -0.2) is 0 Å². The maximum atomic E-state index is 14.1. The van der Waals surface area contributed by atoms with E-state index in [-0.39, 0.29) is 31.1 Å². The molecule has 6 N–H and O–H groups in total. The molecule has 0 aromatic rings. The average molecular weight is 999 g/mol. The molecule has 0 radical (unpaired) electrons. The number of nitrogens with zero attached hydrogens (tertiary/aromatic N) is 2. The minimum atomic E-state index is -1.47. The largest absolute Gasteiger partial charge is 0.462 e. The lowest BCUT2D eigenvalue weighted by atomic mass is 9.79. The second-order valence-corrected chi connectivity index (χ2v) is 21.5. The van der Waals surface area contributed by atoms with E-state index >= 15 is 0 Å². The Balaban J connectivity index is 1.45. The van der Waals surface area contributed by atoms with Crippen LogP contribution in [0.1, 0.15) is 120 Å². The van der Waals surface area contributed by atoms with Gasteiger partial charge in [-0.3, -0.25) is 9.59 Å². The summed E-state index contributed by atoms with van der Waals surface area (Å²) in [7, 11) is 5.02. The van der Waals surface area contributed by atoms with Gasteiger partial charge in [0.05, 0.1) is 55.2 Å². The lowest BCUT2D eigenvalue weighted by molar-refractivity contribution is -0.342. The fraction of sp³-hybridized carbons (Fsp3) is 0.885. The van der Waals surface area contributed by atoms with E-state index in [9.17, 15) is 40.2 Å². The van der Waals surface area contributed by atoms with Gasteiger partial charge in [0.2, 0.25) is 0 Å². The molecule has 0 bridgehead atoms. The highest BCUT2D eigenvalue weighted by atomic mass is 16.7. The lowest BCUT2D eigenvalue weighted by Crippen LogP contribution is -2.65. The number of hydrogen-bond acceptors (Lipinski definition) is 18. The van der Waals surface area contributed by atoms with E-state index in [4.69, 9.17) is 37.9 Å². The molecule has 404 valence electrons. The summed E-state index contributed by atoms with van der Waals surface area (Å²) in [6.45, 7) is 16.7. The fourth-order valence-corrected chi connectivity index (χ4v) is 11.1. The summed E-state index contributed by atoms with van der Waals surface area (Å²) >= 11 is 0. The molecule has 0 spiro atoms. The number of methoxy groups -OCH3 is 1. The van der Waals surface area contributed by atoms with E-state index in [1.165, 1.54) is 33.3 Å². The number of esters is 1. The number of hydrogen-bond donors (Lipinski definition) is 6. The van der Waals surface area contributed by atoms with E-state index < -0.39 is 127 Å². The Morgan fingerprint density at radius 1 is 0.814 bits per heavy atom. The number of likely N-dealkylation sites (tertiary alicyclic amines) is 1. The first kappa shape index (κ1) is 58.9. The number of allylic oxidation sites excluding steroid dienone is 3. The molecule has 0 saturated carbocycles. The molecule has 5 rings (SSSR count). The number of carbonyl (C=O) groups excluding carboxylic acids is 2. The number of likely N-dealkylation sites (N-methyl/N-ethyl adjacent to an activating group) is 1. The van der Waals surface area contributed by atoms with Gasteiger partial charge in [0.25, 0.3) is 0 Å². The number of ketones is 1. The highest BCUT2D eigenvalue weighted by molar-refractivity contribution is 5.91. The molecule has 0 amide bonds. The van der Waals surface area contributed by atoms with E-state index in [1.54, 1.807) is 26.0 Å². The molecular formula is C52H90N2O16. The van der Waals surface area contributed by atoms with Crippen molar-refractivity contribution in [3.8, 4) is 0 Å². The summed E-state index contributed by atoms with van der Waals surface area (Å²) in [5.74, 6) is -2.84.